The van der Waals surface area contributed by atoms with Crippen molar-refractivity contribution in [2.75, 3.05) is 44.5 Å². The molecule has 0 radical (unpaired) electrons. The van der Waals surface area contributed by atoms with Gasteiger partial charge in [0, 0.05) is 26.3 Å². The highest BCUT2D eigenvalue weighted by Crippen LogP contribution is 2.25. The Morgan fingerprint density at radius 2 is 1.80 bits per heavy atom. The van der Waals surface area contributed by atoms with Gasteiger partial charge in [0.1, 0.15) is 11.6 Å². The van der Waals surface area contributed by atoms with E-state index in [9.17, 15) is 0 Å². The first-order valence-electron chi connectivity index (χ1n) is 11.2. The second-order valence-corrected chi connectivity index (χ2v) is 8.50. The topological polar surface area (TPSA) is 62.3 Å². The van der Waals surface area contributed by atoms with Crippen molar-refractivity contribution >= 4 is 11.8 Å². The fourth-order valence-electron chi connectivity index (χ4n) is 4.04. The Hall–Kier alpha value is -2.34. The van der Waals surface area contributed by atoms with Crippen molar-refractivity contribution in [1.29, 1.82) is 0 Å². The van der Waals surface area contributed by atoms with Gasteiger partial charge < -0.3 is 20.3 Å². The van der Waals surface area contributed by atoms with Gasteiger partial charge in [-0.1, -0.05) is 12.1 Å². The molecule has 0 amide bonds. The molecule has 0 bridgehead atoms. The number of nitrogens with zero attached hydrogens (tertiary/aromatic N) is 3. The highest BCUT2D eigenvalue weighted by molar-refractivity contribution is 5.41. The maximum absolute atomic E-state index is 5.21. The lowest BCUT2D eigenvalue weighted by Crippen LogP contribution is -2.32. The number of rotatable bonds is 11. The van der Waals surface area contributed by atoms with Crippen LogP contribution in [0.4, 0.5) is 11.8 Å². The van der Waals surface area contributed by atoms with Crippen LogP contribution in [0.25, 0.3) is 0 Å². The molecule has 1 aliphatic carbocycles. The number of hydrogen-bond donors (Lipinski definition) is 2. The van der Waals surface area contributed by atoms with E-state index in [1.165, 1.54) is 44.1 Å². The lowest BCUT2D eigenvalue weighted by Gasteiger charge is -2.29. The Kier molecular flexibility index (Phi) is 8.75. The molecular formula is C24H37N5O. The van der Waals surface area contributed by atoms with Crippen molar-refractivity contribution in [2.24, 2.45) is 5.92 Å². The lowest BCUT2D eigenvalue weighted by atomic mass is 9.86. The molecule has 1 heterocycles. The standard InChI is InChI=1S/C24H37N5O/c1-29(2)23-15-17-26-24(28-23)27-21-11-7-20(8-12-21)18-25-16-5-4-6-19-9-13-22(30-3)14-10-19/h9-10,13-15,17,20-21,25H,4-8,11-12,16,18H2,1-3H3,(H,26,27,28). The van der Waals surface area contributed by atoms with Gasteiger partial charge in [0.05, 0.1) is 7.11 Å². The molecule has 3 rings (SSSR count). The minimum absolute atomic E-state index is 0.489. The summed E-state index contributed by atoms with van der Waals surface area (Å²) in [6, 6.07) is 10.8. The van der Waals surface area contributed by atoms with E-state index in [1.54, 1.807) is 7.11 Å². The van der Waals surface area contributed by atoms with E-state index in [2.05, 4.69) is 32.7 Å². The van der Waals surface area contributed by atoms with E-state index in [4.69, 9.17) is 4.74 Å². The van der Waals surface area contributed by atoms with Crippen LogP contribution in [0, 0.1) is 5.92 Å². The van der Waals surface area contributed by atoms with Gasteiger partial charge in [-0.05, 0) is 87.7 Å². The average Bonchev–Trinajstić information content (AvgIpc) is 2.78. The second-order valence-electron chi connectivity index (χ2n) is 8.50. The fourth-order valence-corrected chi connectivity index (χ4v) is 4.04. The van der Waals surface area contributed by atoms with E-state index < -0.39 is 0 Å². The number of methoxy groups -OCH3 is 1. The maximum Gasteiger partial charge on any atom is 0.224 e. The first-order valence-corrected chi connectivity index (χ1v) is 11.2. The zero-order valence-electron chi connectivity index (χ0n) is 18.7. The quantitative estimate of drug-likeness (QED) is 0.542. The molecule has 6 heteroatoms. The van der Waals surface area contributed by atoms with Crippen LogP contribution in [0.1, 0.15) is 44.1 Å². The molecule has 0 saturated heterocycles. The third kappa shape index (κ3) is 7.17. The van der Waals surface area contributed by atoms with Gasteiger partial charge in [-0.2, -0.15) is 4.98 Å². The van der Waals surface area contributed by atoms with Gasteiger partial charge in [-0.3, -0.25) is 0 Å². The summed E-state index contributed by atoms with van der Waals surface area (Å²) in [5.41, 5.74) is 1.39. The van der Waals surface area contributed by atoms with Crippen molar-refractivity contribution in [2.45, 2.75) is 51.0 Å². The minimum atomic E-state index is 0.489. The number of hydrogen-bond acceptors (Lipinski definition) is 6. The normalized spacial score (nSPS) is 18.8. The van der Waals surface area contributed by atoms with Crippen molar-refractivity contribution < 1.29 is 4.74 Å². The van der Waals surface area contributed by atoms with Crippen LogP contribution in [-0.4, -0.2) is 50.3 Å². The molecule has 164 valence electrons. The molecule has 30 heavy (non-hydrogen) atoms. The first kappa shape index (κ1) is 22.3. The van der Waals surface area contributed by atoms with E-state index in [0.29, 0.717) is 6.04 Å². The molecule has 1 aromatic heterocycles. The molecule has 2 N–H and O–H groups in total. The zero-order valence-corrected chi connectivity index (χ0v) is 18.7. The number of unbranched alkanes of at least 4 members (excludes halogenated alkanes) is 1. The highest BCUT2D eigenvalue weighted by atomic mass is 16.5. The van der Waals surface area contributed by atoms with E-state index in [-0.39, 0.29) is 0 Å². The number of aryl methyl sites for hydroxylation is 1. The Balaban J connectivity index is 1.25. The monoisotopic (exact) mass is 411 g/mol. The van der Waals surface area contributed by atoms with Crippen LogP contribution in [0.3, 0.4) is 0 Å². The molecule has 1 fully saturated rings. The van der Waals surface area contributed by atoms with Crippen LogP contribution in [0.15, 0.2) is 36.5 Å². The number of nitrogens with one attached hydrogen (secondary N) is 2. The summed E-state index contributed by atoms with van der Waals surface area (Å²) >= 11 is 0. The van der Waals surface area contributed by atoms with Crippen LogP contribution < -0.4 is 20.3 Å². The molecule has 0 unspecified atom stereocenters. The summed E-state index contributed by atoms with van der Waals surface area (Å²) in [4.78, 5) is 11.0. The molecule has 2 aromatic rings. The van der Waals surface area contributed by atoms with Gasteiger partial charge >= 0.3 is 0 Å². The fraction of sp³-hybridized carbons (Fsp3) is 0.583. The van der Waals surface area contributed by atoms with Crippen LogP contribution in [-0.2, 0) is 6.42 Å². The first-order chi connectivity index (χ1) is 14.6. The second kappa shape index (κ2) is 11.7. The van der Waals surface area contributed by atoms with Gasteiger partial charge in [-0.15, -0.1) is 0 Å². The van der Waals surface area contributed by atoms with Crippen molar-refractivity contribution in [3.63, 3.8) is 0 Å². The van der Waals surface area contributed by atoms with Crippen LogP contribution >= 0.6 is 0 Å². The summed E-state index contributed by atoms with van der Waals surface area (Å²) in [5.74, 6) is 3.41. The molecular weight excluding hydrogens is 374 g/mol. The third-order valence-corrected chi connectivity index (χ3v) is 5.94. The van der Waals surface area contributed by atoms with E-state index in [0.717, 1.165) is 42.9 Å². The molecule has 1 aliphatic rings. The molecule has 1 saturated carbocycles. The van der Waals surface area contributed by atoms with E-state index >= 15 is 0 Å². The van der Waals surface area contributed by atoms with Gasteiger partial charge in [0.25, 0.3) is 0 Å². The summed E-state index contributed by atoms with van der Waals surface area (Å²) in [5, 5.41) is 7.20. The average molecular weight is 412 g/mol. The molecule has 0 spiro atoms. The van der Waals surface area contributed by atoms with E-state index in [1.807, 2.05) is 43.4 Å². The lowest BCUT2D eigenvalue weighted by molar-refractivity contribution is 0.323. The third-order valence-electron chi connectivity index (χ3n) is 5.94. The van der Waals surface area contributed by atoms with Gasteiger partial charge in [0.15, 0.2) is 0 Å². The summed E-state index contributed by atoms with van der Waals surface area (Å²) < 4.78 is 5.21. The van der Waals surface area contributed by atoms with Crippen molar-refractivity contribution in [3.8, 4) is 5.75 Å². The minimum Gasteiger partial charge on any atom is -0.497 e. The van der Waals surface area contributed by atoms with Crippen LogP contribution in [0.5, 0.6) is 5.75 Å². The van der Waals surface area contributed by atoms with Gasteiger partial charge in [-0.25, -0.2) is 4.98 Å². The van der Waals surface area contributed by atoms with Crippen LogP contribution in [0.2, 0.25) is 0 Å². The largest absolute Gasteiger partial charge is 0.497 e. The Morgan fingerprint density at radius 1 is 1.03 bits per heavy atom. The Labute approximate surface area is 181 Å². The Morgan fingerprint density at radius 3 is 2.50 bits per heavy atom. The predicted molar refractivity (Wildman–Crippen MR) is 125 cm³/mol. The molecule has 0 aliphatic heterocycles. The number of aromatic nitrogens is 2. The summed E-state index contributed by atoms with van der Waals surface area (Å²) in [6.45, 7) is 2.25. The number of benzene rings is 1. The Bertz CT molecular complexity index is 742. The molecule has 0 atom stereocenters. The molecule has 1 aromatic carbocycles. The van der Waals surface area contributed by atoms with Crippen molar-refractivity contribution in [1.82, 2.24) is 15.3 Å². The SMILES string of the molecule is COc1ccc(CCCCNCC2CCC(Nc3nccc(N(C)C)n3)CC2)cc1. The maximum atomic E-state index is 5.21. The predicted octanol–water partition coefficient (Wildman–Crippen LogP) is 4.13. The summed E-state index contributed by atoms with van der Waals surface area (Å²) in [7, 11) is 5.72. The summed E-state index contributed by atoms with van der Waals surface area (Å²) in [6.07, 6.45) is 10.3. The highest BCUT2D eigenvalue weighted by Gasteiger charge is 2.21. The molecule has 6 nitrogen and oxygen atoms in total. The zero-order chi connectivity index (χ0) is 21.2. The van der Waals surface area contributed by atoms with Crippen molar-refractivity contribution in [3.05, 3.63) is 42.1 Å². The number of ether oxygens (including phenoxy) is 1. The smallest absolute Gasteiger partial charge is 0.224 e. The van der Waals surface area contributed by atoms with Gasteiger partial charge in [0.2, 0.25) is 5.95 Å². The number of anilines is 2.